The first-order chi connectivity index (χ1) is 16.2. The van der Waals surface area contributed by atoms with Gasteiger partial charge in [0.25, 0.3) is 5.91 Å². The Bertz CT molecular complexity index is 614. The van der Waals surface area contributed by atoms with Crippen LogP contribution in [0.2, 0.25) is 0 Å². The number of ether oxygens (including phenoxy) is 6. The van der Waals surface area contributed by atoms with Gasteiger partial charge in [-0.1, -0.05) is 0 Å². The second-order valence-corrected chi connectivity index (χ2v) is 6.78. The molecule has 4 N–H and O–H groups in total. The smallest absolute Gasteiger partial charge is 0.251 e. The van der Waals surface area contributed by atoms with Gasteiger partial charge in [0.2, 0.25) is 5.75 Å². The van der Waals surface area contributed by atoms with E-state index in [9.17, 15) is 4.79 Å². The molecule has 0 aliphatic carbocycles. The number of hydrogen-bond acceptors (Lipinski definition) is 11. The standard InChI is InChI=1S/C21H35NO10S/c23-2-5-27-8-11-30-18-15-17(21(26)22-1-14-33)16-19(31-12-9-28-6-3-24)20(18)32-13-10-29-7-4-25/h15-16,23-25,33H,1-14H2,(H,22,26). The van der Waals surface area contributed by atoms with Gasteiger partial charge >= 0.3 is 0 Å². The normalized spacial score (nSPS) is 10.8. The van der Waals surface area contributed by atoms with E-state index in [-0.39, 0.29) is 102 Å². The molecule has 33 heavy (non-hydrogen) atoms. The number of carbonyl (C=O) groups is 1. The first-order valence-corrected chi connectivity index (χ1v) is 11.3. The average molecular weight is 494 g/mol. The molecular formula is C21H35NO10S. The van der Waals surface area contributed by atoms with E-state index in [1.807, 2.05) is 0 Å². The monoisotopic (exact) mass is 493 g/mol. The average Bonchev–Trinajstić information content (AvgIpc) is 2.82. The minimum absolute atomic E-state index is 0.0967. The number of aliphatic hydroxyl groups excluding tert-OH is 3. The van der Waals surface area contributed by atoms with Crippen LogP contribution in [-0.4, -0.2) is 113 Å². The molecule has 1 aromatic carbocycles. The van der Waals surface area contributed by atoms with Crippen LogP contribution in [0.3, 0.4) is 0 Å². The predicted molar refractivity (Wildman–Crippen MR) is 123 cm³/mol. The number of thiol groups is 1. The zero-order valence-corrected chi connectivity index (χ0v) is 19.6. The van der Waals surface area contributed by atoms with Crippen LogP contribution in [0.15, 0.2) is 12.1 Å². The molecule has 0 aliphatic rings. The van der Waals surface area contributed by atoms with Gasteiger partial charge in [0.05, 0.1) is 59.5 Å². The zero-order valence-electron chi connectivity index (χ0n) is 18.7. The molecule has 0 aromatic heterocycles. The summed E-state index contributed by atoms with van der Waals surface area (Å²) >= 11 is 4.10. The molecule has 1 amide bonds. The lowest BCUT2D eigenvalue weighted by Gasteiger charge is -2.19. The molecule has 0 atom stereocenters. The second-order valence-electron chi connectivity index (χ2n) is 6.33. The Morgan fingerprint density at radius 1 is 0.727 bits per heavy atom. The Morgan fingerprint density at radius 3 is 1.61 bits per heavy atom. The summed E-state index contributed by atoms with van der Waals surface area (Å²) in [7, 11) is 0. The summed E-state index contributed by atoms with van der Waals surface area (Å²) in [6.45, 7) is 1.77. The van der Waals surface area contributed by atoms with Crippen molar-refractivity contribution in [1.82, 2.24) is 5.32 Å². The van der Waals surface area contributed by atoms with Gasteiger partial charge in [0.1, 0.15) is 19.8 Å². The van der Waals surface area contributed by atoms with Crippen molar-refractivity contribution in [3.8, 4) is 17.2 Å². The molecule has 0 unspecified atom stereocenters. The van der Waals surface area contributed by atoms with E-state index in [0.717, 1.165) is 0 Å². The fourth-order valence-electron chi connectivity index (χ4n) is 2.46. The molecule has 1 aromatic rings. The summed E-state index contributed by atoms with van der Waals surface area (Å²) < 4.78 is 33.1. The van der Waals surface area contributed by atoms with Gasteiger partial charge in [-0.3, -0.25) is 4.79 Å². The molecule has 0 spiro atoms. The Balaban J connectivity index is 3.04. The first-order valence-electron chi connectivity index (χ1n) is 10.7. The van der Waals surface area contributed by atoms with E-state index in [1.165, 1.54) is 0 Å². The molecule has 0 heterocycles. The van der Waals surface area contributed by atoms with Crippen molar-refractivity contribution in [3.05, 3.63) is 17.7 Å². The van der Waals surface area contributed by atoms with E-state index >= 15 is 0 Å². The third-order valence-corrected chi connectivity index (χ3v) is 4.06. The van der Waals surface area contributed by atoms with Crippen LogP contribution in [0.1, 0.15) is 10.4 Å². The summed E-state index contributed by atoms with van der Waals surface area (Å²) in [6, 6.07) is 3.08. The molecule has 0 radical (unpaired) electrons. The van der Waals surface area contributed by atoms with E-state index in [4.69, 9.17) is 43.7 Å². The molecular weight excluding hydrogens is 458 g/mol. The van der Waals surface area contributed by atoms with Gasteiger partial charge in [0.15, 0.2) is 11.5 Å². The lowest BCUT2D eigenvalue weighted by atomic mass is 10.1. The summed E-state index contributed by atoms with van der Waals surface area (Å²) in [6.07, 6.45) is 0. The van der Waals surface area contributed by atoms with Crippen molar-refractivity contribution in [2.45, 2.75) is 0 Å². The van der Waals surface area contributed by atoms with Gasteiger partial charge in [-0.25, -0.2) is 0 Å². The van der Waals surface area contributed by atoms with Crippen molar-refractivity contribution < 1.29 is 48.5 Å². The summed E-state index contributed by atoms with van der Waals surface area (Å²) in [5.74, 6) is 0.976. The zero-order chi connectivity index (χ0) is 24.2. The quantitative estimate of drug-likeness (QED) is 0.112. The Labute approximate surface area is 199 Å². The Kier molecular flexibility index (Phi) is 17.4. The fourth-order valence-corrected chi connectivity index (χ4v) is 2.57. The van der Waals surface area contributed by atoms with Gasteiger partial charge in [-0.05, 0) is 12.1 Å². The number of benzene rings is 1. The lowest BCUT2D eigenvalue weighted by Crippen LogP contribution is -2.25. The highest BCUT2D eigenvalue weighted by Crippen LogP contribution is 2.39. The van der Waals surface area contributed by atoms with Crippen LogP contribution in [0.25, 0.3) is 0 Å². The van der Waals surface area contributed by atoms with Crippen LogP contribution in [0.5, 0.6) is 17.2 Å². The van der Waals surface area contributed by atoms with Gasteiger partial charge < -0.3 is 49.1 Å². The second kappa shape index (κ2) is 19.6. The minimum atomic E-state index is -0.329. The first kappa shape index (κ1) is 29.2. The third kappa shape index (κ3) is 12.9. The number of nitrogens with one attached hydrogen (secondary N) is 1. The highest BCUT2D eigenvalue weighted by atomic mass is 32.1. The molecule has 0 saturated heterocycles. The predicted octanol–water partition coefficient (Wildman–Crippen LogP) is -0.491. The minimum Gasteiger partial charge on any atom is -0.487 e. The molecule has 0 fully saturated rings. The fraction of sp³-hybridized carbons (Fsp3) is 0.667. The Hall–Kier alpha value is -1.80. The summed E-state index contributed by atoms with van der Waals surface area (Å²) in [5, 5.41) is 29.2. The molecule has 1 rings (SSSR count). The van der Waals surface area contributed by atoms with Gasteiger partial charge in [-0.15, -0.1) is 0 Å². The van der Waals surface area contributed by atoms with Gasteiger partial charge in [-0.2, -0.15) is 12.6 Å². The topological polar surface area (TPSA) is 145 Å². The highest BCUT2D eigenvalue weighted by Gasteiger charge is 2.19. The van der Waals surface area contributed by atoms with Crippen molar-refractivity contribution in [2.24, 2.45) is 0 Å². The number of rotatable bonds is 21. The molecule has 0 bridgehead atoms. The van der Waals surface area contributed by atoms with Crippen LogP contribution in [0.4, 0.5) is 0 Å². The van der Waals surface area contributed by atoms with Crippen LogP contribution < -0.4 is 19.5 Å². The maximum atomic E-state index is 12.5. The number of aliphatic hydroxyl groups is 3. The molecule has 0 aliphatic heterocycles. The lowest BCUT2D eigenvalue weighted by molar-refractivity contribution is 0.0604. The van der Waals surface area contributed by atoms with Crippen LogP contribution >= 0.6 is 12.6 Å². The van der Waals surface area contributed by atoms with E-state index in [0.29, 0.717) is 17.9 Å². The SMILES string of the molecule is O=C(NCCS)c1cc(OCCOCCO)c(OCCOCCO)c(OCCOCCO)c1. The van der Waals surface area contributed by atoms with Crippen molar-refractivity contribution in [3.63, 3.8) is 0 Å². The van der Waals surface area contributed by atoms with Crippen LogP contribution in [-0.2, 0) is 14.2 Å². The summed E-state index contributed by atoms with van der Waals surface area (Å²) in [5.41, 5.74) is 0.304. The highest BCUT2D eigenvalue weighted by molar-refractivity contribution is 7.80. The van der Waals surface area contributed by atoms with Crippen molar-refractivity contribution in [2.75, 3.05) is 91.6 Å². The molecule has 0 saturated carbocycles. The molecule has 190 valence electrons. The maximum Gasteiger partial charge on any atom is 0.251 e. The third-order valence-electron chi connectivity index (χ3n) is 3.83. The Morgan fingerprint density at radius 2 is 1.18 bits per heavy atom. The number of hydrogen-bond donors (Lipinski definition) is 5. The summed E-state index contributed by atoms with van der Waals surface area (Å²) in [4.78, 5) is 12.5. The number of amides is 1. The van der Waals surface area contributed by atoms with Crippen molar-refractivity contribution in [1.29, 1.82) is 0 Å². The van der Waals surface area contributed by atoms with Gasteiger partial charge in [0, 0.05) is 17.9 Å². The number of carbonyl (C=O) groups excluding carboxylic acids is 1. The maximum absolute atomic E-state index is 12.5. The van der Waals surface area contributed by atoms with Crippen LogP contribution in [0, 0.1) is 0 Å². The molecule has 12 heteroatoms. The van der Waals surface area contributed by atoms with E-state index < -0.39 is 0 Å². The largest absolute Gasteiger partial charge is 0.487 e. The van der Waals surface area contributed by atoms with E-state index in [2.05, 4.69) is 17.9 Å². The van der Waals surface area contributed by atoms with Crippen molar-refractivity contribution >= 4 is 18.5 Å². The molecule has 11 nitrogen and oxygen atoms in total. The van der Waals surface area contributed by atoms with E-state index in [1.54, 1.807) is 12.1 Å².